The summed E-state index contributed by atoms with van der Waals surface area (Å²) in [6.45, 7) is 1.53. The molecule has 0 aromatic heterocycles. The van der Waals surface area contributed by atoms with E-state index in [-0.39, 0.29) is 24.0 Å². The lowest BCUT2D eigenvalue weighted by molar-refractivity contribution is -0.557. The third kappa shape index (κ3) is 2.59. The van der Waals surface area contributed by atoms with Crippen molar-refractivity contribution in [2.75, 3.05) is 13.1 Å². The number of hydrogen-bond acceptors (Lipinski definition) is 1. The Bertz CT molecular complexity index is 76.5. The minimum atomic E-state index is 0. The Morgan fingerprint density at radius 3 is 1.75 bits per heavy atom. The molecule has 1 heterocycles. The average Bonchev–Trinajstić information content (AvgIpc) is 1.69. The van der Waals surface area contributed by atoms with E-state index in [0.29, 0.717) is 0 Å². The Balaban J connectivity index is 0.000000490. The SMILES string of the molecule is O=[N+]1CCCCC1.[I-]. The van der Waals surface area contributed by atoms with Gasteiger partial charge in [-0.2, -0.15) is 0 Å². The van der Waals surface area contributed by atoms with E-state index < -0.39 is 0 Å². The van der Waals surface area contributed by atoms with Crippen LogP contribution >= 0.6 is 0 Å². The van der Waals surface area contributed by atoms with E-state index in [2.05, 4.69) is 0 Å². The molecule has 0 amide bonds. The van der Waals surface area contributed by atoms with Crippen LogP contribution in [0.15, 0.2) is 0 Å². The van der Waals surface area contributed by atoms with Crippen molar-refractivity contribution in [1.29, 1.82) is 0 Å². The average molecular weight is 227 g/mol. The lowest BCUT2D eigenvalue weighted by Gasteiger charge is -1.99. The maximum Gasteiger partial charge on any atom is 0.192 e. The number of halogens is 1. The van der Waals surface area contributed by atoms with E-state index in [4.69, 9.17) is 0 Å². The Hall–Kier alpha value is 0.330. The second kappa shape index (κ2) is 4.23. The molecule has 1 fully saturated rings. The molecule has 1 aliphatic rings. The van der Waals surface area contributed by atoms with Crippen molar-refractivity contribution < 1.29 is 28.7 Å². The second-order valence-corrected chi connectivity index (χ2v) is 1.99. The quantitative estimate of drug-likeness (QED) is 0.344. The Morgan fingerprint density at radius 1 is 1.00 bits per heavy atom. The van der Waals surface area contributed by atoms with E-state index in [1.807, 2.05) is 0 Å². The van der Waals surface area contributed by atoms with E-state index in [0.717, 1.165) is 30.7 Å². The van der Waals surface area contributed by atoms with E-state index in [1.54, 1.807) is 0 Å². The molecule has 0 aliphatic carbocycles. The van der Waals surface area contributed by atoms with Crippen LogP contribution in [0.3, 0.4) is 0 Å². The first-order valence-electron chi connectivity index (χ1n) is 2.82. The number of nitroso groups, excluding NO2 is 1. The minimum absolute atomic E-state index is 0. The topological polar surface area (TPSA) is 20.1 Å². The van der Waals surface area contributed by atoms with Crippen LogP contribution in [0.25, 0.3) is 0 Å². The van der Waals surface area contributed by atoms with E-state index in [1.165, 1.54) is 6.42 Å². The lowest BCUT2D eigenvalue weighted by atomic mass is 10.2. The monoisotopic (exact) mass is 227 g/mol. The molecule has 0 radical (unpaired) electrons. The highest BCUT2D eigenvalue weighted by Crippen LogP contribution is 2.01. The van der Waals surface area contributed by atoms with Gasteiger partial charge in [0.2, 0.25) is 0 Å². The van der Waals surface area contributed by atoms with Crippen LogP contribution in [0.4, 0.5) is 0 Å². The molecular formula is C5H10INO. The Morgan fingerprint density at radius 2 is 1.50 bits per heavy atom. The van der Waals surface area contributed by atoms with Gasteiger partial charge in [-0.15, -0.1) is 0 Å². The molecule has 2 nitrogen and oxygen atoms in total. The largest absolute Gasteiger partial charge is 1.00 e. The summed E-state index contributed by atoms with van der Waals surface area (Å²) < 4.78 is 1.14. The van der Waals surface area contributed by atoms with Crippen LogP contribution in [-0.4, -0.2) is 17.8 Å². The van der Waals surface area contributed by atoms with Gasteiger partial charge in [0.05, 0.1) is 0 Å². The fourth-order valence-corrected chi connectivity index (χ4v) is 0.865. The molecule has 0 N–H and O–H groups in total. The Kier molecular flexibility index (Phi) is 4.41. The normalized spacial score (nSPS) is 19.8. The smallest absolute Gasteiger partial charge is 0.192 e. The summed E-state index contributed by atoms with van der Waals surface area (Å²) in [5.41, 5.74) is 0. The van der Waals surface area contributed by atoms with Crippen LogP contribution in [0, 0.1) is 4.91 Å². The van der Waals surface area contributed by atoms with Crippen LogP contribution < -0.4 is 24.0 Å². The summed E-state index contributed by atoms with van der Waals surface area (Å²) in [6.07, 6.45) is 3.45. The molecule has 0 spiro atoms. The predicted octanol–water partition coefficient (Wildman–Crippen LogP) is -2.05. The molecule has 8 heavy (non-hydrogen) atoms. The van der Waals surface area contributed by atoms with Crippen molar-refractivity contribution in [3.8, 4) is 0 Å². The van der Waals surface area contributed by atoms with Gasteiger partial charge < -0.3 is 24.0 Å². The molecule has 0 aromatic rings. The van der Waals surface area contributed by atoms with Crippen molar-refractivity contribution in [2.24, 2.45) is 0 Å². The molecule has 1 saturated heterocycles. The summed E-state index contributed by atoms with van der Waals surface area (Å²) >= 11 is 0. The maximum atomic E-state index is 10.4. The molecule has 48 valence electrons. The van der Waals surface area contributed by atoms with Gasteiger partial charge in [0.1, 0.15) is 0 Å². The zero-order chi connectivity index (χ0) is 5.11. The summed E-state index contributed by atoms with van der Waals surface area (Å²) in [4.78, 5) is 10.4. The van der Waals surface area contributed by atoms with Crippen molar-refractivity contribution in [3.05, 3.63) is 4.91 Å². The zero-order valence-electron chi connectivity index (χ0n) is 4.77. The first kappa shape index (κ1) is 8.33. The first-order chi connectivity index (χ1) is 3.39. The van der Waals surface area contributed by atoms with Crippen LogP contribution in [0.1, 0.15) is 19.3 Å². The maximum absolute atomic E-state index is 10.4. The van der Waals surface area contributed by atoms with Gasteiger partial charge in [-0.25, -0.2) is 0 Å². The van der Waals surface area contributed by atoms with Crippen molar-refractivity contribution in [1.82, 2.24) is 0 Å². The van der Waals surface area contributed by atoms with Crippen molar-refractivity contribution in [3.63, 3.8) is 0 Å². The van der Waals surface area contributed by atoms with Crippen LogP contribution in [-0.2, 0) is 0 Å². The van der Waals surface area contributed by atoms with E-state index >= 15 is 0 Å². The minimum Gasteiger partial charge on any atom is -1.00 e. The summed E-state index contributed by atoms with van der Waals surface area (Å²) in [7, 11) is 0. The van der Waals surface area contributed by atoms with Gasteiger partial charge in [-0.3, -0.25) is 0 Å². The molecule has 1 aliphatic heterocycles. The standard InChI is InChI=1S/C5H10NO.HI/c7-6-4-2-1-3-5-6;/h1-5H2;1H/q+1;/p-1. The van der Waals surface area contributed by atoms with Gasteiger partial charge in [-0.1, -0.05) is 0 Å². The number of nitrogens with zero attached hydrogens (tertiary/aromatic N) is 1. The predicted molar refractivity (Wildman–Crippen MR) is 27.2 cm³/mol. The molecule has 0 aromatic carbocycles. The molecule has 1 rings (SSSR count). The zero-order valence-corrected chi connectivity index (χ0v) is 6.93. The van der Waals surface area contributed by atoms with Gasteiger partial charge in [0, 0.05) is 17.7 Å². The second-order valence-electron chi connectivity index (χ2n) is 1.99. The van der Waals surface area contributed by atoms with Crippen molar-refractivity contribution in [2.45, 2.75) is 19.3 Å². The van der Waals surface area contributed by atoms with Gasteiger partial charge in [0.25, 0.3) is 0 Å². The molecule has 0 bridgehead atoms. The molecular weight excluding hydrogens is 217 g/mol. The van der Waals surface area contributed by atoms with E-state index in [9.17, 15) is 4.91 Å². The highest BCUT2D eigenvalue weighted by Gasteiger charge is 2.12. The third-order valence-corrected chi connectivity index (χ3v) is 1.32. The molecule has 0 saturated carbocycles. The van der Waals surface area contributed by atoms with Crippen molar-refractivity contribution >= 4 is 0 Å². The summed E-state index contributed by atoms with van der Waals surface area (Å²) in [5.74, 6) is 0. The van der Waals surface area contributed by atoms with Crippen LogP contribution in [0.2, 0.25) is 0 Å². The first-order valence-corrected chi connectivity index (χ1v) is 2.82. The number of piperidine rings is 1. The third-order valence-electron chi connectivity index (χ3n) is 1.32. The molecule has 0 atom stereocenters. The number of rotatable bonds is 0. The van der Waals surface area contributed by atoms with Gasteiger partial charge in [-0.05, 0) is 11.2 Å². The lowest BCUT2D eigenvalue weighted by Crippen LogP contribution is -3.00. The fraction of sp³-hybridized carbons (Fsp3) is 1.00. The highest BCUT2D eigenvalue weighted by atomic mass is 127. The summed E-state index contributed by atoms with van der Waals surface area (Å²) in [5, 5.41) is 0. The summed E-state index contributed by atoms with van der Waals surface area (Å²) in [6, 6.07) is 0. The molecule has 3 heteroatoms. The van der Waals surface area contributed by atoms with Gasteiger partial charge >= 0.3 is 0 Å². The van der Waals surface area contributed by atoms with Crippen LogP contribution in [0.5, 0.6) is 0 Å². The Labute approximate surface area is 66.2 Å². The number of hydrogen-bond donors (Lipinski definition) is 0. The van der Waals surface area contributed by atoms with Gasteiger partial charge in [0.15, 0.2) is 13.1 Å². The highest BCUT2D eigenvalue weighted by molar-refractivity contribution is 4.43. The molecule has 0 unspecified atom stereocenters. The fourth-order valence-electron chi connectivity index (χ4n) is 0.865.